The third-order valence-electron chi connectivity index (χ3n) is 2.52. The summed E-state index contributed by atoms with van der Waals surface area (Å²) in [6.07, 6.45) is 2.94. The SMILES string of the molecule is CC(C)(C)C(CN)Nc1nccnc1C(N)=O. The summed E-state index contributed by atoms with van der Waals surface area (Å²) >= 11 is 0. The first kappa shape index (κ1) is 13.4. The fraction of sp³-hybridized carbons (Fsp3) is 0.545. The van der Waals surface area contributed by atoms with Gasteiger partial charge in [0, 0.05) is 25.0 Å². The molecule has 1 aromatic heterocycles. The third-order valence-corrected chi connectivity index (χ3v) is 2.52. The monoisotopic (exact) mass is 237 g/mol. The van der Waals surface area contributed by atoms with Crippen LogP contribution in [0.25, 0.3) is 0 Å². The summed E-state index contributed by atoms with van der Waals surface area (Å²) in [5.74, 6) is -0.226. The van der Waals surface area contributed by atoms with E-state index in [1.807, 2.05) is 0 Å². The Kier molecular flexibility index (Phi) is 4.01. The Morgan fingerprint density at radius 2 is 2.00 bits per heavy atom. The Morgan fingerprint density at radius 1 is 1.41 bits per heavy atom. The maximum absolute atomic E-state index is 11.2. The number of amides is 1. The number of hydrogen-bond acceptors (Lipinski definition) is 5. The fourth-order valence-corrected chi connectivity index (χ4v) is 1.42. The smallest absolute Gasteiger partial charge is 0.271 e. The number of anilines is 1. The molecule has 0 saturated carbocycles. The van der Waals surface area contributed by atoms with E-state index in [0.717, 1.165) is 0 Å². The highest BCUT2D eigenvalue weighted by atomic mass is 16.1. The van der Waals surface area contributed by atoms with Crippen LogP contribution in [0.5, 0.6) is 0 Å². The summed E-state index contributed by atoms with van der Waals surface area (Å²) in [4.78, 5) is 19.2. The van der Waals surface area contributed by atoms with Crippen LogP contribution in [-0.2, 0) is 0 Å². The first-order valence-corrected chi connectivity index (χ1v) is 5.43. The van der Waals surface area contributed by atoms with Crippen LogP contribution < -0.4 is 16.8 Å². The van der Waals surface area contributed by atoms with Crippen molar-refractivity contribution in [2.75, 3.05) is 11.9 Å². The van der Waals surface area contributed by atoms with Crippen molar-refractivity contribution in [2.24, 2.45) is 16.9 Å². The first-order valence-electron chi connectivity index (χ1n) is 5.43. The van der Waals surface area contributed by atoms with Crippen LogP contribution in [0.15, 0.2) is 12.4 Å². The van der Waals surface area contributed by atoms with E-state index >= 15 is 0 Å². The number of rotatable bonds is 4. The second-order valence-electron chi connectivity index (χ2n) is 4.92. The van der Waals surface area contributed by atoms with Gasteiger partial charge in [-0.05, 0) is 5.41 Å². The number of carbonyl (C=O) groups excluding carboxylic acids is 1. The van der Waals surface area contributed by atoms with Crippen molar-refractivity contribution in [3.63, 3.8) is 0 Å². The van der Waals surface area contributed by atoms with Gasteiger partial charge in [0.1, 0.15) is 0 Å². The Balaban J connectivity index is 2.98. The molecule has 94 valence electrons. The summed E-state index contributed by atoms with van der Waals surface area (Å²) in [6, 6.07) is -0.0164. The van der Waals surface area contributed by atoms with Crippen LogP contribution in [0.1, 0.15) is 31.3 Å². The van der Waals surface area contributed by atoms with E-state index in [2.05, 4.69) is 36.1 Å². The zero-order chi connectivity index (χ0) is 13.1. The number of nitrogens with one attached hydrogen (secondary N) is 1. The number of primary amides is 1. The molecule has 0 spiro atoms. The van der Waals surface area contributed by atoms with Gasteiger partial charge in [-0.15, -0.1) is 0 Å². The number of nitrogens with zero attached hydrogens (tertiary/aromatic N) is 2. The van der Waals surface area contributed by atoms with Crippen molar-refractivity contribution in [3.05, 3.63) is 18.1 Å². The van der Waals surface area contributed by atoms with Gasteiger partial charge in [0.05, 0.1) is 0 Å². The molecule has 1 aromatic rings. The number of nitrogens with two attached hydrogens (primary N) is 2. The zero-order valence-corrected chi connectivity index (χ0v) is 10.4. The predicted molar refractivity (Wildman–Crippen MR) is 66.5 cm³/mol. The van der Waals surface area contributed by atoms with Gasteiger partial charge < -0.3 is 16.8 Å². The summed E-state index contributed by atoms with van der Waals surface area (Å²) in [7, 11) is 0. The topological polar surface area (TPSA) is 107 Å². The van der Waals surface area contributed by atoms with Gasteiger partial charge in [-0.1, -0.05) is 20.8 Å². The average Bonchev–Trinajstić information content (AvgIpc) is 2.24. The molecule has 0 aliphatic rings. The lowest BCUT2D eigenvalue weighted by Gasteiger charge is -2.31. The molecule has 1 amide bonds. The molecule has 0 aliphatic carbocycles. The highest BCUT2D eigenvalue weighted by Crippen LogP contribution is 2.22. The van der Waals surface area contributed by atoms with Crippen LogP contribution in [0.4, 0.5) is 5.82 Å². The zero-order valence-electron chi connectivity index (χ0n) is 10.4. The van der Waals surface area contributed by atoms with Crippen molar-refractivity contribution in [1.82, 2.24) is 9.97 Å². The minimum absolute atomic E-state index is 0.0164. The van der Waals surface area contributed by atoms with Gasteiger partial charge in [0.25, 0.3) is 5.91 Å². The summed E-state index contributed by atoms with van der Waals surface area (Å²) in [6.45, 7) is 6.59. The Labute approximate surface area is 101 Å². The molecule has 5 N–H and O–H groups in total. The van der Waals surface area contributed by atoms with E-state index in [-0.39, 0.29) is 17.2 Å². The summed E-state index contributed by atoms with van der Waals surface area (Å²) < 4.78 is 0. The summed E-state index contributed by atoms with van der Waals surface area (Å²) in [5.41, 5.74) is 11.0. The Morgan fingerprint density at radius 3 is 2.47 bits per heavy atom. The molecule has 0 fully saturated rings. The van der Waals surface area contributed by atoms with Gasteiger partial charge in [-0.3, -0.25) is 4.79 Å². The lowest BCUT2D eigenvalue weighted by Crippen LogP contribution is -2.41. The van der Waals surface area contributed by atoms with Crippen LogP contribution in [-0.4, -0.2) is 28.5 Å². The molecule has 17 heavy (non-hydrogen) atoms. The standard InChI is InChI=1S/C11H19N5O/c1-11(2,3)7(6-12)16-10-8(9(13)17)14-4-5-15-10/h4-5,7H,6,12H2,1-3H3,(H2,13,17)(H,15,16). The lowest BCUT2D eigenvalue weighted by atomic mass is 9.87. The van der Waals surface area contributed by atoms with Crippen LogP contribution in [0, 0.1) is 5.41 Å². The van der Waals surface area contributed by atoms with E-state index in [1.54, 1.807) is 0 Å². The lowest BCUT2D eigenvalue weighted by molar-refractivity contribution is 0.0996. The van der Waals surface area contributed by atoms with E-state index in [4.69, 9.17) is 11.5 Å². The molecule has 1 atom stereocenters. The maximum atomic E-state index is 11.2. The van der Waals surface area contributed by atoms with Crippen molar-refractivity contribution in [3.8, 4) is 0 Å². The van der Waals surface area contributed by atoms with Crippen LogP contribution >= 0.6 is 0 Å². The molecule has 0 bridgehead atoms. The molecular formula is C11H19N5O. The highest BCUT2D eigenvalue weighted by Gasteiger charge is 2.25. The van der Waals surface area contributed by atoms with E-state index < -0.39 is 5.91 Å². The molecule has 1 unspecified atom stereocenters. The van der Waals surface area contributed by atoms with Gasteiger partial charge in [0.2, 0.25) is 0 Å². The van der Waals surface area contributed by atoms with E-state index in [0.29, 0.717) is 12.4 Å². The van der Waals surface area contributed by atoms with Crippen LogP contribution in [0.2, 0.25) is 0 Å². The third kappa shape index (κ3) is 3.39. The fourth-order valence-electron chi connectivity index (χ4n) is 1.42. The van der Waals surface area contributed by atoms with Crippen molar-refractivity contribution < 1.29 is 4.79 Å². The minimum atomic E-state index is -0.606. The van der Waals surface area contributed by atoms with Crippen LogP contribution in [0.3, 0.4) is 0 Å². The van der Waals surface area contributed by atoms with Gasteiger partial charge >= 0.3 is 0 Å². The molecule has 1 rings (SSSR count). The number of aromatic nitrogens is 2. The molecule has 0 saturated heterocycles. The molecular weight excluding hydrogens is 218 g/mol. The van der Waals surface area contributed by atoms with Crippen molar-refractivity contribution >= 4 is 11.7 Å². The normalized spacial score (nSPS) is 13.2. The Bertz CT molecular complexity index is 399. The number of carbonyl (C=O) groups is 1. The number of hydrogen-bond donors (Lipinski definition) is 3. The van der Waals surface area contributed by atoms with Crippen molar-refractivity contribution in [1.29, 1.82) is 0 Å². The predicted octanol–water partition coefficient (Wildman–Crippen LogP) is 0.361. The second kappa shape index (κ2) is 5.09. The molecule has 0 radical (unpaired) electrons. The minimum Gasteiger partial charge on any atom is -0.364 e. The van der Waals surface area contributed by atoms with Gasteiger partial charge in [-0.25, -0.2) is 9.97 Å². The first-order chi connectivity index (χ1) is 7.86. The van der Waals surface area contributed by atoms with Crippen molar-refractivity contribution in [2.45, 2.75) is 26.8 Å². The summed E-state index contributed by atoms with van der Waals surface area (Å²) in [5, 5.41) is 3.12. The quantitative estimate of drug-likeness (QED) is 0.701. The second-order valence-corrected chi connectivity index (χ2v) is 4.92. The highest BCUT2D eigenvalue weighted by molar-refractivity contribution is 5.95. The average molecular weight is 237 g/mol. The maximum Gasteiger partial charge on any atom is 0.271 e. The van der Waals surface area contributed by atoms with Gasteiger partial charge in [0.15, 0.2) is 11.5 Å². The van der Waals surface area contributed by atoms with E-state index in [9.17, 15) is 4.79 Å². The molecule has 6 nitrogen and oxygen atoms in total. The largest absolute Gasteiger partial charge is 0.364 e. The van der Waals surface area contributed by atoms with E-state index in [1.165, 1.54) is 12.4 Å². The van der Waals surface area contributed by atoms with Gasteiger partial charge in [-0.2, -0.15) is 0 Å². The Hall–Kier alpha value is -1.69. The molecule has 0 aromatic carbocycles. The molecule has 0 aliphatic heterocycles. The molecule has 6 heteroatoms. The molecule has 1 heterocycles.